The molecule has 0 aliphatic rings. The minimum atomic E-state index is -0.923. The zero-order valence-corrected chi connectivity index (χ0v) is 15.5. The molecular formula is C23H23NO3. The summed E-state index contributed by atoms with van der Waals surface area (Å²) in [5, 5.41) is 12.4. The van der Waals surface area contributed by atoms with Crippen LogP contribution in [0, 0.1) is 13.8 Å². The molecule has 4 heteroatoms. The van der Waals surface area contributed by atoms with E-state index in [2.05, 4.69) is 24.4 Å². The van der Waals surface area contributed by atoms with Crippen LogP contribution in [0.4, 0.5) is 5.69 Å². The highest BCUT2D eigenvalue weighted by atomic mass is 16.5. The average Bonchev–Trinajstić information content (AvgIpc) is 2.67. The number of ether oxygens (including phenoxy) is 1. The van der Waals surface area contributed by atoms with Gasteiger partial charge in [-0.25, -0.2) is 4.79 Å². The van der Waals surface area contributed by atoms with Crippen molar-refractivity contribution in [2.75, 3.05) is 5.32 Å². The summed E-state index contributed by atoms with van der Waals surface area (Å²) in [6, 6.07) is 21.2. The molecule has 0 unspecified atom stereocenters. The van der Waals surface area contributed by atoms with Crippen molar-refractivity contribution < 1.29 is 14.6 Å². The lowest BCUT2D eigenvalue weighted by Gasteiger charge is -2.12. The lowest BCUT2D eigenvalue weighted by Crippen LogP contribution is -2.04. The van der Waals surface area contributed by atoms with Crippen molar-refractivity contribution in [2.45, 2.75) is 27.0 Å². The number of benzene rings is 3. The maximum Gasteiger partial charge on any atom is 0.335 e. The molecule has 0 aromatic heterocycles. The van der Waals surface area contributed by atoms with E-state index in [1.807, 2.05) is 49.4 Å². The molecule has 0 heterocycles. The molecule has 0 aliphatic carbocycles. The Morgan fingerprint density at radius 1 is 0.963 bits per heavy atom. The van der Waals surface area contributed by atoms with Crippen LogP contribution in [0.25, 0.3) is 0 Å². The molecule has 0 fully saturated rings. The second-order valence-corrected chi connectivity index (χ2v) is 6.55. The number of aryl methyl sites for hydroxylation is 2. The molecule has 0 radical (unpaired) electrons. The van der Waals surface area contributed by atoms with Crippen LogP contribution < -0.4 is 10.1 Å². The highest BCUT2D eigenvalue weighted by Crippen LogP contribution is 2.20. The van der Waals surface area contributed by atoms with Gasteiger partial charge in [0, 0.05) is 12.2 Å². The quantitative estimate of drug-likeness (QED) is 0.608. The Balaban J connectivity index is 1.59. The van der Waals surface area contributed by atoms with E-state index < -0.39 is 5.97 Å². The first kappa shape index (κ1) is 18.5. The Morgan fingerprint density at radius 2 is 1.70 bits per heavy atom. The summed E-state index contributed by atoms with van der Waals surface area (Å²) in [5.74, 6) is -0.0979. The van der Waals surface area contributed by atoms with Gasteiger partial charge in [-0.15, -0.1) is 0 Å². The number of hydrogen-bond acceptors (Lipinski definition) is 3. The third kappa shape index (κ3) is 4.88. The zero-order chi connectivity index (χ0) is 19.2. The minimum absolute atomic E-state index is 0.281. The van der Waals surface area contributed by atoms with Gasteiger partial charge in [-0.1, -0.05) is 42.5 Å². The molecule has 0 saturated heterocycles. The first-order valence-corrected chi connectivity index (χ1v) is 8.87. The predicted molar refractivity (Wildman–Crippen MR) is 107 cm³/mol. The number of nitrogens with one attached hydrogen (secondary N) is 1. The first-order valence-electron chi connectivity index (χ1n) is 8.87. The van der Waals surface area contributed by atoms with Crippen LogP contribution in [0.5, 0.6) is 5.75 Å². The molecule has 2 N–H and O–H groups in total. The number of carboxylic acids is 1. The molecule has 4 nitrogen and oxygen atoms in total. The van der Waals surface area contributed by atoms with E-state index in [0.29, 0.717) is 13.2 Å². The van der Waals surface area contributed by atoms with Crippen LogP contribution in [-0.4, -0.2) is 11.1 Å². The maximum absolute atomic E-state index is 11.1. The normalized spacial score (nSPS) is 10.4. The number of anilines is 1. The molecule has 27 heavy (non-hydrogen) atoms. The van der Waals surface area contributed by atoms with Gasteiger partial charge >= 0.3 is 5.97 Å². The van der Waals surface area contributed by atoms with Gasteiger partial charge in [-0.2, -0.15) is 0 Å². The van der Waals surface area contributed by atoms with Gasteiger partial charge in [-0.3, -0.25) is 0 Å². The van der Waals surface area contributed by atoms with Crippen LogP contribution in [-0.2, 0) is 13.2 Å². The van der Waals surface area contributed by atoms with Crippen molar-refractivity contribution in [3.05, 3.63) is 94.5 Å². The Labute approximate surface area is 159 Å². The number of aromatic carboxylic acids is 1. The van der Waals surface area contributed by atoms with Crippen LogP contribution in [0.2, 0.25) is 0 Å². The SMILES string of the molecule is Cc1ccccc1COc1ccc(CNc2cc(C(=O)O)ccc2C)cc1. The molecule has 0 saturated carbocycles. The van der Waals surface area contributed by atoms with Gasteiger partial charge in [0.15, 0.2) is 0 Å². The van der Waals surface area contributed by atoms with Gasteiger partial charge in [0.1, 0.15) is 12.4 Å². The molecule has 0 amide bonds. The number of hydrogen-bond donors (Lipinski definition) is 2. The monoisotopic (exact) mass is 361 g/mol. The van der Waals surface area contributed by atoms with E-state index in [4.69, 9.17) is 9.84 Å². The van der Waals surface area contributed by atoms with Gasteiger partial charge in [0.2, 0.25) is 0 Å². The molecule has 0 atom stereocenters. The van der Waals surface area contributed by atoms with E-state index in [9.17, 15) is 4.79 Å². The van der Waals surface area contributed by atoms with Crippen LogP contribution in [0.15, 0.2) is 66.7 Å². The summed E-state index contributed by atoms with van der Waals surface area (Å²) >= 11 is 0. The van der Waals surface area contributed by atoms with Crippen LogP contribution in [0.1, 0.15) is 32.6 Å². The van der Waals surface area contributed by atoms with E-state index >= 15 is 0 Å². The summed E-state index contributed by atoms with van der Waals surface area (Å²) in [4.78, 5) is 11.1. The van der Waals surface area contributed by atoms with Crippen molar-refractivity contribution in [3.63, 3.8) is 0 Å². The van der Waals surface area contributed by atoms with Crippen molar-refractivity contribution in [2.24, 2.45) is 0 Å². The molecule has 3 aromatic rings. The Morgan fingerprint density at radius 3 is 2.41 bits per heavy atom. The fourth-order valence-electron chi connectivity index (χ4n) is 2.78. The number of rotatable bonds is 7. The Kier molecular flexibility index (Phi) is 5.77. The molecule has 0 spiro atoms. The summed E-state index contributed by atoms with van der Waals surface area (Å²) in [6.45, 7) is 5.19. The van der Waals surface area contributed by atoms with Crippen LogP contribution in [0.3, 0.4) is 0 Å². The van der Waals surface area contributed by atoms with E-state index in [1.54, 1.807) is 12.1 Å². The standard InChI is InChI=1S/C23H23NO3/c1-16-5-3-4-6-20(16)15-27-21-11-8-18(9-12-21)14-24-22-13-19(23(25)26)10-7-17(22)2/h3-13,24H,14-15H2,1-2H3,(H,25,26). The number of carbonyl (C=O) groups is 1. The molecule has 138 valence electrons. The highest BCUT2D eigenvalue weighted by Gasteiger charge is 2.06. The van der Waals surface area contributed by atoms with E-state index in [0.717, 1.165) is 22.6 Å². The molecule has 3 aromatic carbocycles. The van der Waals surface area contributed by atoms with Crippen molar-refractivity contribution in [3.8, 4) is 5.75 Å². The van der Waals surface area contributed by atoms with Gasteiger partial charge in [0.05, 0.1) is 5.56 Å². The summed E-state index contributed by atoms with van der Waals surface area (Å²) in [7, 11) is 0. The second-order valence-electron chi connectivity index (χ2n) is 6.55. The summed E-state index contributed by atoms with van der Waals surface area (Å²) in [6.07, 6.45) is 0. The average molecular weight is 361 g/mol. The topological polar surface area (TPSA) is 58.6 Å². The lowest BCUT2D eigenvalue weighted by molar-refractivity contribution is 0.0697. The van der Waals surface area contributed by atoms with Gasteiger partial charge in [-0.05, 0) is 60.4 Å². The first-order chi connectivity index (χ1) is 13.0. The minimum Gasteiger partial charge on any atom is -0.489 e. The highest BCUT2D eigenvalue weighted by molar-refractivity contribution is 5.89. The number of carboxylic acid groups (broad SMARTS) is 1. The third-order valence-corrected chi connectivity index (χ3v) is 4.55. The van der Waals surface area contributed by atoms with Crippen molar-refractivity contribution in [1.29, 1.82) is 0 Å². The second kappa shape index (κ2) is 8.41. The van der Waals surface area contributed by atoms with E-state index in [1.165, 1.54) is 11.1 Å². The van der Waals surface area contributed by atoms with Gasteiger partial charge in [0.25, 0.3) is 0 Å². The predicted octanol–water partition coefficient (Wildman–Crippen LogP) is 5.19. The smallest absolute Gasteiger partial charge is 0.335 e. The largest absolute Gasteiger partial charge is 0.489 e. The fraction of sp³-hybridized carbons (Fsp3) is 0.174. The van der Waals surface area contributed by atoms with Gasteiger partial charge < -0.3 is 15.2 Å². The molecular weight excluding hydrogens is 338 g/mol. The Hall–Kier alpha value is -3.27. The lowest BCUT2D eigenvalue weighted by atomic mass is 10.1. The maximum atomic E-state index is 11.1. The van der Waals surface area contributed by atoms with Crippen LogP contribution >= 0.6 is 0 Å². The molecule has 0 aliphatic heterocycles. The molecule has 0 bridgehead atoms. The van der Waals surface area contributed by atoms with Crippen molar-refractivity contribution in [1.82, 2.24) is 0 Å². The Bertz CT molecular complexity index is 933. The summed E-state index contributed by atoms with van der Waals surface area (Å²) in [5.41, 5.74) is 5.61. The van der Waals surface area contributed by atoms with E-state index in [-0.39, 0.29) is 5.56 Å². The fourth-order valence-corrected chi connectivity index (χ4v) is 2.78. The molecule has 3 rings (SSSR count). The summed E-state index contributed by atoms with van der Waals surface area (Å²) < 4.78 is 5.87. The third-order valence-electron chi connectivity index (χ3n) is 4.55. The zero-order valence-electron chi connectivity index (χ0n) is 15.5. The van der Waals surface area contributed by atoms with Crippen molar-refractivity contribution >= 4 is 11.7 Å².